The van der Waals surface area contributed by atoms with Crippen molar-refractivity contribution in [3.05, 3.63) is 71.8 Å². The molecule has 0 unspecified atom stereocenters. The molecule has 10 nitrogen and oxygen atoms in total. The van der Waals surface area contributed by atoms with Gasteiger partial charge in [0.25, 0.3) is 0 Å². The van der Waals surface area contributed by atoms with Gasteiger partial charge in [-0.25, -0.2) is 0 Å². The first kappa shape index (κ1) is 32.8. The van der Waals surface area contributed by atoms with E-state index in [1.807, 2.05) is 70.5 Å². The molecule has 228 valence electrons. The summed E-state index contributed by atoms with van der Waals surface area (Å²) in [4.78, 5) is 51.4. The van der Waals surface area contributed by atoms with E-state index in [1.54, 1.807) is 27.7 Å². The number of hydrogen-bond donors (Lipinski definition) is 0. The van der Waals surface area contributed by atoms with E-state index in [9.17, 15) is 19.2 Å². The van der Waals surface area contributed by atoms with Crippen molar-refractivity contribution in [2.24, 2.45) is 0 Å². The smallest absolute Gasteiger partial charge is 0.323 e. The molecule has 0 amide bonds. The minimum Gasteiger partial charge on any atom is -0.465 e. The van der Waals surface area contributed by atoms with Crippen LogP contribution in [0.5, 0.6) is 0 Å². The van der Waals surface area contributed by atoms with Crippen molar-refractivity contribution in [2.45, 2.75) is 77.8 Å². The lowest BCUT2D eigenvalue weighted by atomic mass is 9.91. The van der Waals surface area contributed by atoms with Crippen molar-refractivity contribution in [1.29, 1.82) is 0 Å². The molecule has 2 fully saturated rings. The average Bonchev–Trinajstić information content (AvgIpc) is 2.96. The van der Waals surface area contributed by atoms with E-state index in [4.69, 9.17) is 18.9 Å². The summed E-state index contributed by atoms with van der Waals surface area (Å²) in [7, 11) is 0. The van der Waals surface area contributed by atoms with E-state index < -0.39 is 0 Å². The van der Waals surface area contributed by atoms with E-state index >= 15 is 0 Å². The molecule has 4 atom stereocenters. The largest absolute Gasteiger partial charge is 0.465 e. The van der Waals surface area contributed by atoms with Crippen LogP contribution in [0, 0.1) is 0 Å². The van der Waals surface area contributed by atoms with Crippen LogP contribution in [0.4, 0.5) is 0 Å². The van der Waals surface area contributed by atoms with Gasteiger partial charge in [0.2, 0.25) is 0 Å². The van der Waals surface area contributed by atoms with Crippen molar-refractivity contribution in [2.75, 3.05) is 26.4 Å². The summed E-state index contributed by atoms with van der Waals surface area (Å²) in [5, 5.41) is 0. The number of carbonyl (C=O) groups excluding carboxylic acids is 4. The summed E-state index contributed by atoms with van der Waals surface area (Å²) in [6, 6.07) is 18.1. The van der Waals surface area contributed by atoms with Gasteiger partial charge in [0, 0.05) is 13.1 Å². The number of esters is 4. The van der Waals surface area contributed by atoms with Crippen molar-refractivity contribution in [1.82, 2.24) is 9.80 Å². The summed E-state index contributed by atoms with van der Waals surface area (Å²) in [6.45, 7) is 9.57. The van der Waals surface area contributed by atoms with Crippen LogP contribution in [-0.4, -0.2) is 84.3 Å². The third-order valence-electron chi connectivity index (χ3n) is 7.15. The fraction of sp³-hybridized carbons (Fsp3) is 0.500. The second-order valence-corrected chi connectivity index (χ2v) is 9.86. The van der Waals surface area contributed by atoms with Crippen LogP contribution in [0.15, 0.2) is 60.7 Å². The Bertz CT molecular complexity index is 1020. The van der Waals surface area contributed by atoms with Gasteiger partial charge in [-0.3, -0.25) is 29.0 Å². The number of carbonyl (C=O) groups is 4. The van der Waals surface area contributed by atoms with E-state index in [0.717, 1.165) is 11.1 Å². The summed E-state index contributed by atoms with van der Waals surface area (Å²) in [5.41, 5.74) is 2.11. The molecule has 2 aromatic carbocycles. The van der Waals surface area contributed by atoms with Crippen LogP contribution in [0.1, 0.15) is 51.7 Å². The first-order valence-electron chi connectivity index (χ1n) is 14.6. The van der Waals surface area contributed by atoms with Crippen LogP contribution in [0.25, 0.3) is 0 Å². The highest BCUT2D eigenvalue weighted by molar-refractivity contribution is 5.85. The lowest BCUT2D eigenvalue weighted by Crippen LogP contribution is -2.62. The Morgan fingerprint density at radius 2 is 0.786 bits per heavy atom. The molecular formula is C32H42N2O8. The first-order chi connectivity index (χ1) is 20.3. The fourth-order valence-electron chi connectivity index (χ4n) is 5.03. The standard InChI is InChI=1S/2C16H21NO4/c2*1-3-20-15(18)13-10-14(16(19)21-4-2)17(13)11-12-8-6-5-7-9-12/h2*5-9,13-14H,3-4,10-11H2,1-2H3/t2*13-,14-/m10/s1. The van der Waals surface area contributed by atoms with E-state index in [2.05, 4.69) is 0 Å². The molecule has 2 aliphatic rings. The average molecular weight is 583 g/mol. The second kappa shape index (κ2) is 16.6. The lowest BCUT2D eigenvalue weighted by molar-refractivity contribution is -0.172. The van der Waals surface area contributed by atoms with Gasteiger partial charge in [0.15, 0.2) is 0 Å². The van der Waals surface area contributed by atoms with Crippen LogP contribution < -0.4 is 0 Å². The number of benzene rings is 2. The molecule has 0 N–H and O–H groups in total. The molecule has 2 saturated heterocycles. The van der Waals surface area contributed by atoms with E-state index in [0.29, 0.717) is 52.4 Å². The topological polar surface area (TPSA) is 112 Å². The van der Waals surface area contributed by atoms with Crippen LogP contribution >= 0.6 is 0 Å². The van der Waals surface area contributed by atoms with Gasteiger partial charge in [-0.15, -0.1) is 0 Å². The van der Waals surface area contributed by atoms with Crippen molar-refractivity contribution in [3.8, 4) is 0 Å². The van der Waals surface area contributed by atoms with Gasteiger partial charge in [0.05, 0.1) is 26.4 Å². The molecule has 4 rings (SSSR count). The Kier molecular flexibility index (Phi) is 13.0. The normalized spacial score (nSPS) is 21.4. The highest BCUT2D eigenvalue weighted by Crippen LogP contribution is 2.31. The van der Waals surface area contributed by atoms with Crippen molar-refractivity contribution >= 4 is 23.9 Å². The Hall–Kier alpha value is -3.76. The minimum absolute atomic E-state index is 0.269. The third-order valence-corrected chi connectivity index (χ3v) is 7.15. The number of likely N-dealkylation sites (tertiary alicyclic amines) is 2. The van der Waals surface area contributed by atoms with Gasteiger partial charge in [-0.2, -0.15) is 0 Å². The summed E-state index contributed by atoms with van der Waals surface area (Å²) < 4.78 is 20.3. The van der Waals surface area contributed by atoms with Gasteiger partial charge in [-0.1, -0.05) is 60.7 Å². The highest BCUT2D eigenvalue weighted by atomic mass is 16.5. The lowest BCUT2D eigenvalue weighted by Gasteiger charge is -2.45. The number of ether oxygens (including phenoxy) is 4. The fourth-order valence-corrected chi connectivity index (χ4v) is 5.03. The van der Waals surface area contributed by atoms with Gasteiger partial charge >= 0.3 is 23.9 Å². The Morgan fingerprint density at radius 3 is 1.02 bits per heavy atom. The SMILES string of the molecule is CCOC(=O)[C@@H]1C[C@@H](C(=O)OCC)N1Cc1ccccc1.CCOC(=O)[C@H]1C[C@H](C(=O)OCC)N1Cc1ccccc1. The number of rotatable bonds is 12. The maximum absolute atomic E-state index is 11.9. The molecule has 0 saturated carbocycles. The molecule has 2 aromatic rings. The Labute approximate surface area is 247 Å². The Balaban J connectivity index is 0.000000230. The van der Waals surface area contributed by atoms with Crippen LogP contribution in [0.3, 0.4) is 0 Å². The third kappa shape index (κ3) is 8.62. The zero-order valence-corrected chi connectivity index (χ0v) is 24.9. The molecule has 0 radical (unpaired) electrons. The monoisotopic (exact) mass is 582 g/mol. The molecule has 10 heteroatoms. The zero-order chi connectivity index (χ0) is 30.5. The zero-order valence-electron chi connectivity index (χ0n) is 24.9. The molecule has 2 heterocycles. The Morgan fingerprint density at radius 1 is 0.524 bits per heavy atom. The molecule has 0 bridgehead atoms. The predicted molar refractivity (Wildman–Crippen MR) is 155 cm³/mol. The molecule has 2 aliphatic heterocycles. The maximum atomic E-state index is 11.9. The number of hydrogen-bond acceptors (Lipinski definition) is 10. The molecular weight excluding hydrogens is 540 g/mol. The quantitative estimate of drug-likeness (QED) is 0.272. The first-order valence-corrected chi connectivity index (χ1v) is 14.6. The summed E-state index contributed by atoms with van der Waals surface area (Å²) in [6.07, 6.45) is 0.926. The highest BCUT2D eigenvalue weighted by Gasteiger charge is 2.49. The van der Waals surface area contributed by atoms with Gasteiger partial charge in [-0.05, 0) is 51.7 Å². The van der Waals surface area contributed by atoms with Crippen molar-refractivity contribution in [3.63, 3.8) is 0 Å². The molecule has 0 aliphatic carbocycles. The number of nitrogens with zero attached hydrogens (tertiary/aromatic N) is 2. The minimum atomic E-state index is -0.362. The van der Waals surface area contributed by atoms with Gasteiger partial charge < -0.3 is 18.9 Å². The summed E-state index contributed by atoms with van der Waals surface area (Å²) in [5.74, 6) is -1.08. The summed E-state index contributed by atoms with van der Waals surface area (Å²) >= 11 is 0. The molecule has 0 aromatic heterocycles. The second-order valence-electron chi connectivity index (χ2n) is 9.86. The maximum Gasteiger partial charge on any atom is 0.323 e. The molecule has 42 heavy (non-hydrogen) atoms. The van der Waals surface area contributed by atoms with E-state index in [-0.39, 0.29) is 48.0 Å². The van der Waals surface area contributed by atoms with Crippen LogP contribution in [-0.2, 0) is 51.2 Å². The molecule has 0 spiro atoms. The van der Waals surface area contributed by atoms with E-state index in [1.165, 1.54) is 0 Å². The van der Waals surface area contributed by atoms with Crippen molar-refractivity contribution < 1.29 is 38.1 Å². The van der Waals surface area contributed by atoms with Gasteiger partial charge in [0.1, 0.15) is 24.2 Å². The predicted octanol–water partition coefficient (Wildman–Crippen LogP) is 3.51. The van der Waals surface area contributed by atoms with Crippen LogP contribution in [0.2, 0.25) is 0 Å².